The Balaban J connectivity index is 1.31. The Labute approximate surface area is 193 Å². The number of rotatable bonds is 14. The van der Waals surface area contributed by atoms with E-state index in [9.17, 15) is 9.59 Å². The Hall–Kier alpha value is -2.73. The van der Waals surface area contributed by atoms with Crippen molar-refractivity contribution >= 4 is 33.4 Å². The van der Waals surface area contributed by atoms with E-state index in [4.69, 9.17) is 5.11 Å². The summed E-state index contributed by atoms with van der Waals surface area (Å²) in [5, 5.41) is 12.5. The summed E-state index contributed by atoms with van der Waals surface area (Å²) in [5.41, 5.74) is 3.29. The van der Waals surface area contributed by atoms with Gasteiger partial charge in [-0.2, -0.15) is 0 Å². The van der Waals surface area contributed by atoms with Crippen molar-refractivity contribution in [2.24, 2.45) is 0 Å². The van der Waals surface area contributed by atoms with Crippen molar-refractivity contribution in [3.05, 3.63) is 53.5 Å². The Bertz CT molecular complexity index is 1000. The Morgan fingerprint density at radius 3 is 2.25 bits per heavy atom. The summed E-state index contributed by atoms with van der Waals surface area (Å²) in [4.78, 5) is 27.4. The van der Waals surface area contributed by atoms with E-state index in [2.05, 4.69) is 34.6 Å². The first kappa shape index (κ1) is 23.9. The third kappa shape index (κ3) is 8.08. The van der Waals surface area contributed by atoms with Crippen LogP contribution in [0, 0.1) is 0 Å². The number of carboxylic acids is 1. The zero-order valence-corrected chi connectivity index (χ0v) is 19.3. The van der Waals surface area contributed by atoms with E-state index in [1.54, 1.807) is 11.3 Å². The number of aliphatic carboxylic acids is 1. The average Bonchev–Trinajstić information content (AvgIpc) is 3.19. The molecule has 2 N–H and O–H groups in total. The third-order valence-corrected chi connectivity index (χ3v) is 6.51. The predicted molar refractivity (Wildman–Crippen MR) is 131 cm³/mol. The second-order valence-electron chi connectivity index (χ2n) is 8.16. The van der Waals surface area contributed by atoms with Crippen molar-refractivity contribution in [1.82, 2.24) is 10.3 Å². The number of aromatic nitrogens is 1. The van der Waals surface area contributed by atoms with Gasteiger partial charge >= 0.3 is 5.97 Å². The monoisotopic (exact) mass is 452 g/mol. The van der Waals surface area contributed by atoms with Gasteiger partial charge in [0.05, 0.1) is 16.6 Å². The second-order valence-corrected chi connectivity index (χ2v) is 9.27. The molecule has 0 aliphatic heterocycles. The van der Waals surface area contributed by atoms with Crippen molar-refractivity contribution in [1.29, 1.82) is 0 Å². The van der Waals surface area contributed by atoms with Gasteiger partial charge in [0.2, 0.25) is 5.91 Å². The summed E-state index contributed by atoms with van der Waals surface area (Å²) in [6.07, 6.45) is 9.11. The maximum atomic E-state index is 12.3. The van der Waals surface area contributed by atoms with Gasteiger partial charge < -0.3 is 10.4 Å². The van der Waals surface area contributed by atoms with E-state index in [0.29, 0.717) is 13.0 Å². The quantitative estimate of drug-likeness (QED) is 0.285. The maximum absolute atomic E-state index is 12.3. The number of nitrogens with one attached hydrogen (secondary N) is 1. The summed E-state index contributed by atoms with van der Waals surface area (Å²) in [7, 11) is 0. The molecular formula is C26H32N2O3S. The molecule has 1 aromatic heterocycles. The van der Waals surface area contributed by atoms with Crippen molar-refractivity contribution in [3.63, 3.8) is 0 Å². The van der Waals surface area contributed by atoms with Crippen molar-refractivity contribution in [2.75, 3.05) is 6.54 Å². The molecule has 0 unspecified atom stereocenters. The first-order valence-corrected chi connectivity index (χ1v) is 12.4. The van der Waals surface area contributed by atoms with Crippen LogP contribution in [0.3, 0.4) is 0 Å². The lowest BCUT2D eigenvalue weighted by Crippen LogP contribution is -2.26. The standard InChI is InChI=1S/C26H32N2O3S/c29-24(27-17-11-6-4-2-1-3-5-10-14-26(30)31)19-25-28-22-16-15-21(18-23(22)32-25)20-12-8-7-9-13-20/h7-9,12-13,15-16,18H,1-6,10-11,14,17,19H2,(H,27,29)(H,30,31). The van der Waals surface area contributed by atoms with Gasteiger partial charge in [-0.3, -0.25) is 9.59 Å². The minimum absolute atomic E-state index is 0.0331. The van der Waals surface area contributed by atoms with Crippen LogP contribution in [-0.4, -0.2) is 28.5 Å². The number of nitrogens with zero attached hydrogens (tertiary/aromatic N) is 1. The number of carbonyl (C=O) groups excluding carboxylic acids is 1. The van der Waals surface area contributed by atoms with E-state index in [-0.39, 0.29) is 12.3 Å². The third-order valence-electron chi connectivity index (χ3n) is 5.49. The molecule has 0 atom stereocenters. The fourth-order valence-electron chi connectivity index (χ4n) is 3.75. The number of benzene rings is 2. The highest BCUT2D eigenvalue weighted by atomic mass is 32.1. The lowest BCUT2D eigenvalue weighted by molar-refractivity contribution is -0.137. The molecule has 1 heterocycles. The Kier molecular flexibility index (Phi) is 9.69. The molecule has 0 radical (unpaired) electrons. The lowest BCUT2D eigenvalue weighted by Gasteiger charge is -2.04. The molecule has 6 heteroatoms. The van der Waals surface area contributed by atoms with E-state index in [1.807, 2.05) is 24.3 Å². The highest BCUT2D eigenvalue weighted by Gasteiger charge is 2.10. The fourth-order valence-corrected chi connectivity index (χ4v) is 4.75. The lowest BCUT2D eigenvalue weighted by atomic mass is 10.1. The van der Waals surface area contributed by atoms with Crippen molar-refractivity contribution < 1.29 is 14.7 Å². The summed E-state index contributed by atoms with van der Waals surface area (Å²) < 4.78 is 1.11. The highest BCUT2D eigenvalue weighted by Crippen LogP contribution is 2.28. The molecule has 170 valence electrons. The van der Waals surface area contributed by atoms with E-state index < -0.39 is 5.97 Å². The minimum atomic E-state index is -0.702. The van der Waals surface area contributed by atoms with Gasteiger partial charge in [-0.15, -0.1) is 11.3 Å². The normalized spacial score (nSPS) is 11.0. The second kappa shape index (κ2) is 13.0. The summed E-state index contributed by atoms with van der Waals surface area (Å²) in [5.74, 6) is -0.668. The molecule has 0 bridgehead atoms. The van der Waals surface area contributed by atoms with E-state index >= 15 is 0 Å². The summed E-state index contributed by atoms with van der Waals surface area (Å²) in [6, 6.07) is 16.5. The molecule has 5 nitrogen and oxygen atoms in total. The fraction of sp³-hybridized carbons (Fsp3) is 0.423. The van der Waals surface area contributed by atoms with Gasteiger partial charge in [0, 0.05) is 13.0 Å². The smallest absolute Gasteiger partial charge is 0.303 e. The SMILES string of the molecule is O=C(O)CCCCCCCCCCNC(=O)Cc1nc2ccc(-c3ccccc3)cc2s1. The number of amides is 1. The molecule has 0 fully saturated rings. The van der Waals surface area contributed by atoms with Crippen LogP contribution < -0.4 is 5.32 Å². The number of fused-ring (bicyclic) bond motifs is 1. The Morgan fingerprint density at radius 2 is 1.53 bits per heavy atom. The summed E-state index contributed by atoms with van der Waals surface area (Å²) in [6.45, 7) is 0.709. The summed E-state index contributed by atoms with van der Waals surface area (Å²) >= 11 is 1.59. The molecule has 0 aliphatic rings. The average molecular weight is 453 g/mol. The number of hydrogen-bond acceptors (Lipinski definition) is 4. The van der Waals surface area contributed by atoms with Gasteiger partial charge in [0.1, 0.15) is 5.01 Å². The molecule has 2 aromatic carbocycles. The molecular weight excluding hydrogens is 420 g/mol. The molecule has 3 aromatic rings. The first-order chi connectivity index (χ1) is 15.6. The predicted octanol–water partition coefficient (Wildman–Crippen LogP) is 6.22. The minimum Gasteiger partial charge on any atom is -0.481 e. The van der Waals surface area contributed by atoms with Crippen LogP contribution in [0.15, 0.2) is 48.5 Å². The van der Waals surface area contributed by atoms with Crippen LogP contribution in [-0.2, 0) is 16.0 Å². The Morgan fingerprint density at radius 1 is 0.844 bits per heavy atom. The van der Waals surface area contributed by atoms with Crippen LogP contribution in [0.2, 0.25) is 0 Å². The molecule has 3 rings (SSSR count). The van der Waals surface area contributed by atoms with Crippen molar-refractivity contribution in [3.8, 4) is 11.1 Å². The maximum Gasteiger partial charge on any atom is 0.303 e. The zero-order valence-electron chi connectivity index (χ0n) is 18.5. The molecule has 0 spiro atoms. The largest absolute Gasteiger partial charge is 0.481 e. The van der Waals surface area contributed by atoms with E-state index in [1.165, 1.54) is 12.0 Å². The molecule has 1 amide bonds. The van der Waals surface area contributed by atoms with Crippen LogP contribution >= 0.6 is 11.3 Å². The van der Waals surface area contributed by atoms with Crippen LogP contribution in [0.1, 0.15) is 62.8 Å². The number of unbranched alkanes of at least 4 members (excludes halogenated alkanes) is 7. The van der Waals surface area contributed by atoms with Crippen LogP contribution in [0.25, 0.3) is 21.3 Å². The van der Waals surface area contributed by atoms with Gasteiger partial charge in [0.15, 0.2) is 0 Å². The van der Waals surface area contributed by atoms with Gasteiger partial charge in [0.25, 0.3) is 0 Å². The first-order valence-electron chi connectivity index (χ1n) is 11.6. The molecule has 32 heavy (non-hydrogen) atoms. The van der Waals surface area contributed by atoms with Gasteiger partial charge in [-0.05, 0) is 36.1 Å². The van der Waals surface area contributed by atoms with Gasteiger partial charge in [-0.1, -0.05) is 74.9 Å². The van der Waals surface area contributed by atoms with E-state index in [0.717, 1.165) is 65.7 Å². The number of carbonyl (C=O) groups is 2. The van der Waals surface area contributed by atoms with Crippen LogP contribution in [0.5, 0.6) is 0 Å². The highest BCUT2D eigenvalue weighted by molar-refractivity contribution is 7.18. The number of hydrogen-bond donors (Lipinski definition) is 2. The van der Waals surface area contributed by atoms with Crippen molar-refractivity contribution in [2.45, 2.75) is 64.2 Å². The topological polar surface area (TPSA) is 79.3 Å². The number of thiazole rings is 1. The molecule has 0 aliphatic carbocycles. The van der Waals surface area contributed by atoms with Gasteiger partial charge in [-0.25, -0.2) is 4.98 Å². The molecule has 0 saturated carbocycles. The zero-order chi connectivity index (χ0) is 22.6. The number of carboxylic acid groups (broad SMARTS) is 1. The molecule has 0 saturated heterocycles. The van der Waals surface area contributed by atoms with Crippen LogP contribution in [0.4, 0.5) is 0 Å².